The quantitative estimate of drug-likeness (QED) is 0.441. The largest absolute Gasteiger partial charge is 0.298 e. The highest BCUT2D eigenvalue weighted by molar-refractivity contribution is 5.25. The Labute approximate surface area is 200 Å². The molecule has 10 heteroatoms. The van der Waals surface area contributed by atoms with Gasteiger partial charge in [0.1, 0.15) is 18.3 Å². The monoisotopic (exact) mass is 481 g/mol. The molecule has 0 aromatic heterocycles. The van der Waals surface area contributed by atoms with Gasteiger partial charge in [0, 0.05) is 62.4 Å². The van der Waals surface area contributed by atoms with Crippen molar-refractivity contribution in [2.75, 3.05) is 32.9 Å². The van der Waals surface area contributed by atoms with Crippen LogP contribution in [0.15, 0.2) is 18.2 Å². The van der Waals surface area contributed by atoms with Crippen molar-refractivity contribution in [3.63, 3.8) is 0 Å². The average Bonchev–Trinajstić information content (AvgIpc) is 3.06. The number of hydrazine groups is 1. The average molecular weight is 482 g/mol. The number of halogens is 3. The molecule has 190 valence electrons. The Hall–Kier alpha value is -1.27. The molecular weight excluding hydrogens is 443 g/mol. The molecule has 4 aliphatic rings. The molecule has 5 N–H and O–H groups in total. The first-order valence-electron chi connectivity index (χ1n) is 12.6. The molecule has 4 heterocycles. The Morgan fingerprint density at radius 1 is 0.912 bits per heavy atom. The van der Waals surface area contributed by atoms with Crippen LogP contribution in [0.2, 0.25) is 0 Å². The Morgan fingerprint density at radius 3 is 2.35 bits per heavy atom. The highest BCUT2D eigenvalue weighted by Gasteiger charge is 2.51. The molecule has 0 radical (unpaired) electrons. The van der Waals surface area contributed by atoms with E-state index in [9.17, 15) is 13.2 Å². The second-order valence-electron chi connectivity index (χ2n) is 10.5. The van der Waals surface area contributed by atoms with E-state index in [0.29, 0.717) is 12.6 Å². The minimum absolute atomic E-state index is 0.0104. The predicted octanol–water partition coefficient (Wildman–Crippen LogP) is 1.06. The maximum Gasteiger partial charge on any atom is 0.132 e. The molecule has 34 heavy (non-hydrogen) atoms. The van der Waals surface area contributed by atoms with Crippen LogP contribution in [-0.2, 0) is 0 Å². The summed E-state index contributed by atoms with van der Waals surface area (Å²) in [7, 11) is 0. The van der Waals surface area contributed by atoms with E-state index >= 15 is 0 Å². The first-order valence-corrected chi connectivity index (χ1v) is 12.6. The van der Waals surface area contributed by atoms with Crippen LogP contribution in [0.5, 0.6) is 0 Å². The van der Waals surface area contributed by atoms with Crippen LogP contribution in [0.1, 0.15) is 38.9 Å². The molecule has 8 unspecified atom stereocenters. The van der Waals surface area contributed by atoms with E-state index < -0.39 is 17.8 Å². The summed E-state index contributed by atoms with van der Waals surface area (Å²) >= 11 is 0. The Balaban J connectivity index is 1.39. The molecule has 1 aromatic rings. The van der Waals surface area contributed by atoms with E-state index in [-0.39, 0.29) is 54.5 Å². The third kappa shape index (κ3) is 4.50. The minimum Gasteiger partial charge on any atom is -0.298 e. The SMILES string of the molecule is CC1NC(N2CCN(CCF)C[C@H]2C)CC2C1NC(c1c(F)cccc1F)NC1C(C)NNC21. The van der Waals surface area contributed by atoms with Crippen molar-refractivity contribution in [1.29, 1.82) is 0 Å². The van der Waals surface area contributed by atoms with E-state index in [1.807, 2.05) is 0 Å². The van der Waals surface area contributed by atoms with Gasteiger partial charge in [-0.15, -0.1) is 0 Å². The number of nitrogens with one attached hydrogen (secondary N) is 5. The van der Waals surface area contributed by atoms with Crippen LogP contribution >= 0.6 is 0 Å². The number of nitrogens with zero attached hydrogens (tertiary/aromatic N) is 2. The summed E-state index contributed by atoms with van der Waals surface area (Å²) in [5, 5.41) is 10.9. The maximum atomic E-state index is 14.8. The van der Waals surface area contributed by atoms with E-state index in [2.05, 4.69) is 57.4 Å². The van der Waals surface area contributed by atoms with Crippen molar-refractivity contribution in [3.8, 4) is 0 Å². The maximum absolute atomic E-state index is 14.8. The lowest BCUT2D eigenvalue weighted by atomic mass is 9.78. The van der Waals surface area contributed by atoms with Crippen LogP contribution in [0.4, 0.5) is 13.2 Å². The smallest absolute Gasteiger partial charge is 0.132 e. The molecule has 9 atom stereocenters. The molecule has 4 saturated heterocycles. The number of benzene rings is 1. The molecule has 7 nitrogen and oxygen atoms in total. The summed E-state index contributed by atoms with van der Waals surface area (Å²) in [6.07, 6.45) is 0.476. The zero-order chi connectivity index (χ0) is 24.0. The van der Waals surface area contributed by atoms with E-state index in [1.165, 1.54) is 18.2 Å². The fourth-order valence-corrected chi connectivity index (χ4v) is 6.68. The molecule has 0 saturated carbocycles. The molecule has 5 rings (SSSR count). The van der Waals surface area contributed by atoms with Gasteiger partial charge in [-0.2, -0.15) is 0 Å². The minimum atomic E-state index is -0.628. The van der Waals surface area contributed by atoms with Crippen LogP contribution in [0.3, 0.4) is 0 Å². The van der Waals surface area contributed by atoms with Crippen molar-refractivity contribution in [2.24, 2.45) is 5.92 Å². The molecular formula is C24H38F3N7. The lowest BCUT2D eigenvalue weighted by Gasteiger charge is -2.51. The van der Waals surface area contributed by atoms with Gasteiger partial charge in [0.2, 0.25) is 0 Å². The number of hydrogen-bond donors (Lipinski definition) is 5. The highest BCUT2D eigenvalue weighted by atomic mass is 19.1. The summed E-state index contributed by atoms with van der Waals surface area (Å²) in [5.41, 5.74) is 6.90. The van der Waals surface area contributed by atoms with Crippen LogP contribution in [0.25, 0.3) is 0 Å². The summed E-state index contributed by atoms with van der Waals surface area (Å²) in [6, 6.07) is 4.71. The van der Waals surface area contributed by atoms with Crippen molar-refractivity contribution in [3.05, 3.63) is 35.4 Å². The van der Waals surface area contributed by atoms with Crippen LogP contribution in [0, 0.1) is 17.6 Å². The summed E-state index contributed by atoms with van der Waals surface area (Å²) < 4.78 is 42.4. The van der Waals surface area contributed by atoms with Gasteiger partial charge in [0.05, 0.1) is 17.9 Å². The topological polar surface area (TPSA) is 66.6 Å². The molecule has 0 spiro atoms. The summed E-state index contributed by atoms with van der Waals surface area (Å²) in [6.45, 7) is 9.28. The second-order valence-corrected chi connectivity index (χ2v) is 10.5. The molecule has 1 aromatic carbocycles. The predicted molar refractivity (Wildman–Crippen MR) is 126 cm³/mol. The molecule has 0 amide bonds. The lowest BCUT2D eigenvalue weighted by molar-refractivity contribution is -0.00586. The fraction of sp³-hybridized carbons (Fsp3) is 0.750. The third-order valence-corrected chi connectivity index (χ3v) is 8.39. The van der Waals surface area contributed by atoms with Gasteiger partial charge < -0.3 is 0 Å². The van der Waals surface area contributed by atoms with Gasteiger partial charge >= 0.3 is 0 Å². The summed E-state index contributed by atoms with van der Waals surface area (Å²) in [5.74, 6) is -0.839. The number of rotatable bonds is 4. The number of hydrogen-bond acceptors (Lipinski definition) is 7. The number of alkyl halides is 1. The summed E-state index contributed by atoms with van der Waals surface area (Å²) in [4.78, 5) is 4.70. The standard InChI is InChI=1S/C24H38F3N7/c1-13-12-33(8-7-25)9-10-34(13)19-11-16-21(14(2)28-19)29-24(20-17(26)5-4-6-18(20)27)30-22-15(3)31-32-23(16)22/h4-6,13-16,19,21-24,28-32H,7-12H2,1-3H3/t13-,14?,15?,16?,19?,21?,22?,23?,24?/m1/s1. The van der Waals surface area contributed by atoms with Gasteiger partial charge in [0.25, 0.3) is 0 Å². The number of fused-ring (bicyclic) bond motifs is 3. The Bertz CT molecular complexity index is 840. The highest BCUT2D eigenvalue weighted by Crippen LogP contribution is 2.35. The molecule has 0 bridgehead atoms. The molecule has 0 aliphatic carbocycles. The van der Waals surface area contributed by atoms with Crippen molar-refractivity contribution in [1.82, 2.24) is 36.6 Å². The third-order valence-electron chi connectivity index (χ3n) is 8.39. The van der Waals surface area contributed by atoms with Gasteiger partial charge in [-0.25, -0.2) is 13.2 Å². The normalized spacial score (nSPS) is 41.6. The van der Waals surface area contributed by atoms with Crippen molar-refractivity contribution >= 4 is 0 Å². The molecule has 4 aliphatic heterocycles. The van der Waals surface area contributed by atoms with Gasteiger partial charge in [-0.05, 0) is 45.2 Å². The van der Waals surface area contributed by atoms with Crippen LogP contribution < -0.4 is 26.8 Å². The Kier molecular flexibility index (Phi) is 7.19. The number of piperazine rings is 1. The fourth-order valence-electron chi connectivity index (χ4n) is 6.68. The van der Waals surface area contributed by atoms with Gasteiger partial charge in [-0.1, -0.05) is 6.07 Å². The van der Waals surface area contributed by atoms with Crippen molar-refractivity contribution < 1.29 is 13.2 Å². The zero-order valence-corrected chi connectivity index (χ0v) is 20.2. The van der Waals surface area contributed by atoms with E-state index in [1.54, 1.807) is 0 Å². The van der Waals surface area contributed by atoms with E-state index in [4.69, 9.17) is 0 Å². The van der Waals surface area contributed by atoms with E-state index in [0.717, 1.165) is 26.1 Å². The first kappa shape index (κ1) is 24.4. The zero-order valence-electron chi connectivity index (χ0n) is 20.2. The molecule has 4 fully saturated rings. The van der Waals surface area contributed by atoms with Crippen molar-refractivity contribution in [2.45, 2.75) is 75.8 Å². The van der Waals surface area contributed by atoms with Gasteiger partial charge in [0.15, 0.2) is 0 Å². The first-order chi connectivity index (χ1) is 16.4. The number of piperidine rings is 1. The van der Waals surface area contributed by atoms with Crippen LogP contribution in [-0.4, -0.2) is 85.1 Å². The second kappa shape index (κ2) is 10.0. The lowest BCUT2D eigenvalue weighted by Crippen LogP contribution is -2.68. The van der Waals surface area contributed by atoms with Gasteiger partial charge in [-0.3, -0.25) is 36.6 Å². The Morgan fingerprint density at radius 2 is 1.65 bits per heavy atom.